The fraction of sp³-hybridized carbons (Fsp3) is 0.529. The number of fused-ring (bicyclic) bond motifs is 1. The first-order valence-corrected chi connectivity index (χ1v) is 8.71. The lowest BCUT2D eigenvalue weighted by molar-refractivity contribution is -0.132. The molecule has 2 amide bonds. The number of rotatable bonds is 3. The van der Waals surface area contributed by atoms with Crippen molar-refractivity contribution in [3.8, 4) is 0 Å². The molecular weight excluding hydrogens is 296 g/mol. The van der Waals surface area contributed by atoms with Crippen molar-refractivity contribution >= 4 is 23.2 Å². The Morgan fingerprint density at radius 3 is 3.00 bits per heavy atom. The van der Waals surface area contributed by atoms with Gasteiger partial charge in [0.1, 0.15) is 0 Å². The van der Waals surface area contributed by atoms with Gasteiger partial charge in [-0.25, -0.2) is 0 Å². The number of likely N-dealkylation sites (tertiary alicyclic amines) is 1. The van der Waals surface area contributed by atoms with Gasteiger partial charge in [-0.2, -0.15) is 0 Å². The van der Waals surface area contributed by atoms with Gasteiger partial charge in [-0.05, 0) is 49.6 Å². The lowest BCUT2D eigenvalue weighted by Gasteiger charge is -2.46. The van der Waals surface area contributed by atoms with Crippen LogP contribution < -0.4 is 5.32 Å². The molecule has 1 saturated heterocycles. The van der Waals surface area contributed by atoms with E-state index in [1.807, 2.05) is 25.4 Å². The van der Waals surface area contributed by atoms with Gasteiger partial charge < -0.3 is 10.2 Å². The number of hydrogen-bond acceptors (Lipinski definition) is 3. The molecule has 1 N–H and O–H groups in total. The third-order valence-electron chi connectivity index (χ3n) is 4.95. The van der Waals surface area contributed by atoms with Crippen LogP contribution in [-0.2, 0) is 4.79 Å². The third kappa shape index (κ3) is 2.58. The van der Waals surface area contributed by atoms with Gasteiger partial charge in [-0.15, -0.1) is 11.3 Å². The molecule has 2 aliphatic rings. The Kier molecular flexibility index (Phi) is 4.08. The predicted molar refractivity (Wildman–Crippen MR) is 87.8 cm³/mol. The highest BCUT2D eigenvalue weighted by atomic mass is 32.1. The molecule has 1 atom stereocenters. The molecule has 0 bridgehead atoms. The average Bonchev–Trinajstić information content (AvgIpc) is 2.95. The number of thiophene rings is 1. The van der Waals surface area contributed by atoms with Gasteiger partial charge >= 0.3 is 0 Å². The van der Waals surface area contributed by atoms with E-state index in [-0.39, 0.29) is 17.2 Å². The van der Waals surface area contributed by atoms with Gasteiger partial charge in [-0.3, -0.25) is 9.59 Å². The Morgan fingerprint density at radius 2 is 2.27 bits per heavy atom. The zero-order valence-corrected chi connectivity index (χ0v) is 14.0. The summed E-state index contributed by atoms with van der Waals surface area (Å²) < 4.78 is 0. The smallest absolute Gasteiger partial charge is 0.261 e. The Hall–Kier alpha value is -1.62. The predicted octanol–water partition coefficient (Wildman–Crippen LogP) is 3.09. The number of aryl methyl sites for hydroxylation is 1. The largest absolute Gasteiger partial charge is 0.350 e. The van der Waals surface area contributed by atoms with Crippen molar-refractivity contribution in [3.63, 3.8) is 0 Å². The minimum absolute atomic E-state index is 0.00588. The molecule has 1 aromatic heterocycles. The van der Waals surface area contributed by atoms with E-state index in [4.69, 9.17) is 0 Å². The molecule has 0 spiro atoms. The summed E-state index contributed by atoms with van der Waals surface area (Å²) >= 11 is 1.48. The molecule has 0 saturated carbocycles. The number of amides is 2. The molecule has 118 valence electrons. The molecule has 1 aliphatic heterocycles. The third-order valence-corrected chi connectivity index (χ3v) is 5.96. The lowest BCUT2D eigenvalue weighted by Crippen LogP contribution is -2.49. The minimum Gasteiger partial charge on any atom is -0.350 e. The molecule has 1 aromatic rings. The van der Waals surface area contributed by atoms with Crippen LogP contribution in [0.1, 0.15) is 47.3 Å². The monoisotopic (exact) mass is 318 g/mol. The average molecular weight is 318 g/mol. The number of hydrogen-bond donors (Lipinski definition) is 1. The van der Waals surface area contributed by atoms with Crippen molar-refractivity contribution in [2.45, 2.75) is 39.0 Å². The van der Waals surface area contributed by atoms with Gasteiger partial charge in [0.15, 0.2) is 0 Å². The molecule has 22 heavy (non-hydrogen) atoms. The first kappa shape index (κ1) is 15.3. The van der Waals surface area contributed by atoms with Crippen LogP contribution in [0.4, 0.5) is 0 Å². The summed E-state index contributed by atoms with van der Waals surface area (Å²) in [6.45, 7) is 2.58. The van der Waals surface area contributed by atoms with Gasteiger partial charge in [0.05, 0.1) is 4.88 Å². The normalized spacial score (nSPS) is 24.7. The fourth-order valence-corrected chi connectivity index (χ4v) is 4.46. The molecule has 1 aliphatic carbocycles. The fourth-order valence-electron chi connectivity index (χ4n) is 3.62. The standard InChI is InChI=1S/C17H22N2O2S/c1-12-7-10-22-15(12)16(21)18-11-17-8-4-3-5-13(17)19(2)14(20)6-9-17/h5,7,10H,3-4,6,8-9,11H2,1-2H3,(H,18,21). The second kappa shape index (κ2) is 5.88. The van der Waals surface area contributed by atoms with Crippen molar-refractivity contribution in [1.29, 1.82) is 0 Å². The van der Waals surface area contributed by atoms with E-state index >= 15 is 0 Å². The van der Waals surface area contributed by atoms with Crippen LogP contribution in [0, 0.1) is 12.3 Å². The van der Waals surface area contributed by atoms with Gasteiger partial charge in [0.2, 0.25) is 5.91 Å². The summed E-state index contributed by atoms with van der Waals surface area (Å²) in [7, 11) is 1.86. The van der Waals surface area contributed by atoms with Crippen molar-refractivity contribution in [2.24, 2.45) is 5.41 Å². The maximum absolute atomic E-state index is 12.4. The van der Waals surface area contributed by atoms with Gasteiger partial charge in [0.25, 0.3) is 5.91 Å². The van der Waals surface area contributed by atoms with Crippen molar-refractivity contribution in [2.75, 3.05) is 13.6 Å². The molecule has 0 aromatic carbocycles. The lowest BCUT2D eigenvalue weighted by atomic mass is 9.70. The highest BCUT2D eigenvalue weighted by molar-refractivity contribution is 7.12. The molecule has 0 radical (unpaired) electrons. The molecular formula is C17H22N2O2S. The van der Waals surface area contributed by atoms with Crippen LogP contribution in [0.2, 0.25) is 0 Å². The van der Waals surface area contributed by atoms with E-state index in [2.05, 4.69) is 11.4 Å². The summed E-state index contributed by atoms with van der Waals surface area (Å²) in [4.78, 5) is 26.9. The van der Waals surface area contributed by atoms with E-state index in [0.29, 0.717) is 13.0 Å². The summed E-state index contributed by atoms with van der Waals surface area (Å²) in [5.74, 6) is 0.190. The van der Waals surface area contributed by atoms with E-state index in [9.17, 15) is 9.59 Å². The Labute approximate surface area is 135 Å². The first-order chi connectivity index (χ1) is 10.5. The zero-order chi connectivity index (χ0) is 15.7. The number of carbonyl (C=O) groups is 2. The van der Waals surface area contributed by atoms with Crippen LogP contribution >= 0.6 is 11.3 Å². The second-order valence-electron chi connectivity index (χ2n) is 6.33. The zero-order valence-electron chi connectivity index (χ0n) is 13.1. The van der Waals surface area contributed by atoms with E-state index in [0.717, 1.165) is 41.8 Å². The highest BCUT2D eigenvalue weighted by Gasteiger charge is 2.43. The van der Waals surface area contributed by atoms with Crippen LogP contribution in [-0.4, -0.2) is 30.3 Å². The molecule has 5 heteroatoms. The highest BCUT2D eigenvalue weighted by Crippen LogP contribution is 2.45. The molecule has 1 unspecified atom stereocenters. The molecule has 3 rings (SSSR count). The minimum atomic E-state index is -0.0677. The van der Waals surface area contributed by atoms with Crippen molar-refractivity contribution in [3.05, 3.63) is 33.7 Å². The quantitative estimate of drug-likeness (QED) is 0.931. The molecule has 2 heterocycles. The second-order valence-corrected chi connectivity index (χ2v) is 7.25. The van der Waals surface area contributed by atoms with E-state index in [1.165, 1.54) is 11.3 Å². The molecule has 1 fully saturated rings. The van der Waals surface area contributed by atoms with E-state index < -0.39 is 0 Å². The number of nitrogens with zero attached hydrogens (tertiary/aromatic N) is 1. The van der Waals surface area contributed by atoms with Crippen LogP contribution in [0.3, 0.4) is 0 Å². The number of piperidine rings is 1. The Bertz CT molecular complexity index is 634. The number of carbonyl (C=O) groups excluding carboxylic acids is 2. The Morgan fingerprint density at radius 1 is 1.45 bits per heavy atom. The first-order valence-electron chi connectivity index (χ1n) is 7.83. The summed E-state index contributed by atoms with van der Waals surface area (Å²) in [5.41, 5.74) is 2.07. The maximum Gasteiger partial charge on any atom is 0.261 e. The van der Waals surface area contributed by atoms with E-state index in [1.54, 1.807) is 4.90 Å². The van der Waals surface area contributed by atoms with Crippen molar-refractivity contribution < 1.29 is 9.59 Å². The molecule has 4 nitrogen and oxygen atoms in total. The topological polar surface area (TPSA) is 49.4 Å². The van der Waals surface area contributed by atoms with Crippen molar-refractivity contribution in [1.82, 2.24) is 10.2 Å². The van der Waals surface area contributed by atoms with Crippen LogP contribution in [0.15, 0.2) is 23.2 Å². The maximum atomic E-state index is 12.4. The Balaban J connectivity index is 1.76. The number of nitrogens with one attached hydrogen (secondary N) is 1. The summed E-state index contributed by atoms with van der Waals surface area (Å²) in [6, 6.07) is 1.97. The van der Waals surface area contributed by atoms with Crippen LogP contribution in [0.25, 0.3) is 0 Å². The summed E-state index contributed by atoms with van der Waals surface area (Å²) in [5, 5.41) is 5.06. The number of allylic oxidation sites excluding steroid dienone is 1. The van der Waals surface area contributed by atoms with Gasteiger partial charge in [-0.1, -0.05) is 6.08 Å². The van der Waals surface area contributed by atoms with Gasteiger partial charge in [0, 0.05) is 31.1 Å². The SMILES string of the molecule is Cc1ccsc1C(=O)NCC12CCCC=C1N(C)C(=O)CC2. The summed E-state index contributed by atoms with van der Waals surface area (Å²) in [6.07, 6.45) is 6.78. The van der Waals surface area contributed by atoms with Crippen LogP contribution in [0.5, 0.6) is 0 Å².